The minimum Gasteiger partial charge on any atom is -0.380 e. The highest BCUT2D eigenvalue weighted by Gasteiger charge is 2.16. The van der Waals surface area contributed by atoms with Gasteiger partial charge in [0.05, 0.1) is 6.61 Å². The molecule has 1 fully saturated rings. The van der Waals surface area contributed by atoms with Gasteiger partial charge in [-0.25, -0.2) is 0 Å². The van der Waals surface area contributed by atoms with E-state index in [0.717, 1.165) is 25.8 Å². The average Bonchev–Trinajstić information content (AvgIpc) is 2.25. The van der Waals surface area contributed by atoms with Gasteiger partial charge in [-0.1, -0.05) is 13.8 Å². The van der Waals surface area contributed by atoms with Gasteiger partial charge in [0.15, 0.2) is 0 Å². The Morgan fingerprint density at radius 3 is 2.53 bits per heavy atom. The van der Waals surface area contributed by atoms with Crippen molar-refractivity contribution in [1.82, 2.24) is 10.2 Å². The van der Waals surface area contributed by atoms with E-state index in [4.69, 9.17) is 4.74 Å². The Balaban J connectivity index is 1.99. The third kappa shape index (κ3) is 5.50. The molecule has 0 aromatic carbocycles. The van der Waals surface area contributed by atoms with Crippen LogP contribution in [0.1, 0.15) is 26.7 Å². The number of nitrogens with one attached hydrogen (secondary N) is 1. The molecule has 1 saturated heterocycles. The van der Waals surface area contributed by atoms with Crippen LogP contribution >= 0.6 is 0 Å². The molecule has 0 radical (unpaired) electrons. The second-order valence-electron chi connectivity index (χ2n) is 4.87. The summed E-state index contributed by atoms with van der Waals surface area (Å²) in [5.41, 5.74) is 0. The minimum atomic E-state index is 0.653. The molecular weight excluding hydrogens is 188 g/mol. The molecule has 0 bridgehead atoms. The first-order valence-electron chi connectivity index (χ1n) is 6.19. The molecule has 1 rings (SSSR count). The van der Waals surface area contributed by atoms with E-state index in [0.29, 0.717) is 5.92 Å². The van der Waals surface area contributed by atoms with Crippen molar-refractivity contribution in [3.8, 4) is 0 Å². The quantitative estimate of drug-likeness (QED) is 0.675. The number of hydrogen-bond acceptors (Lipinski definition) is 3. The molecule has 1 heterocycles. The van der Waals surface area contributed by atoms with E-state index >= 15 is 0 Å². The molecule has 15 heavy (non-hydrogen) atoms. The standard InChI is InChI=1S/C12H26N2O/c1-11(2)10-15-9-8-14-6-4-12(13-3)5-7-14/h11-13H,4-10H2,1-3H3. The lowest BCUT2D eigenvalue weighted by atomic mass is 10.1. The third-order valence-corrected chi connectivity index (χ3v) is 3.00. The molecule has 0 unspecified atom stereocenters. The molecular formula is C12H26N2O. The number of hydrogen-bond donors (Lipinski definition) is 1. The molecule has 0 aromatic rings. The van der Waals surface area contributed by atoms with Crippen molar-refractivity contribution in [3.63, 3.8) is 0 Å². The zero-order chi connectivity index (χ0) is 11.1. The predicted octanol–water partition coefficient (Wildman–Crippen LogP) is 1.34. The van der Waals surface area contributed by atoms with Gasteiger partial charge in [-0.3, -0.25) is 0 Å². The SMILES string of the molecule is CNC1CCN(CCOCC(C)C)CC1. The number of piperidine rings is 1. The number of rotatable bonds is 6. The van der Waals surface area contributed by atoms with Crippen molar-refractivity contribution in [3.05, 3.63) is 0 Å². The molecule has 1 N–H and O–H groups in total. The molecule has 3 heteroatoms. The summed E-state index contributed by atoms with van der Waals surface area (Å²) in [6, 6.07) is 0.734. The maximum Gasteiger partial charge on any atom is 0.0593 e. The van der Waals surface area contributed by atoms with Gasteiger partial charge in [0.25, 0.3) is 0 Å². The Labute approximate surface area is 94.2 Å². The summed E-state index contributed by atoms with van der Waals surface area (Å²) in [5.74, 6) is 0.653. The third-order valence-electron chi connectivity index (χ3n) is 3.00. The van der Waals surface area contributed by atoms with E-state index in [-0.39, 0.29) is 0 Å². The Hall–Kier alpha value is -0.120. The van der Waals surface area contributed by atoms with Gasteiger partial charge >= 0.3 is 0 Å². The van der Waals surface area contributed by atoms with Crippen LogP contribution in [0.3, 0.4) is 0 Å². The molecule has 0 amide bonds. The largest absolute Gasteiger partial charge is 0.380 e. The fourth-order valence-electron chi connectivity index (χ4n) is 1.96. The summed E-state index contributed by atoms with van der Waals surface area (Å²) < 4.78 is 5.59. The molecule has 1 aliphatic heterocycles. The van der Waals surface area contributed by atoms with Gasteiger partial charge in [-0.15, -0.1) is 0 Å². The molecule has 90 valence electrons. The van der Waals surface area contributed by atoms with Gasteiger partial charge in [0, 0.05) is 19.2 Å². The zero-order valence-corrected chi connectivity index (χ0v) is 10.5. The van der Waals surface area contributed by atoms with Crippen molar-refractivity contribution in [1.29, 1.82) is 0 Å². The summed E-state index contributed by atoms with van der Waals surface area (Å²) in [5, 5.41) is 3.35. The van der Waals surface area contributed by atoms with Crippen LogP contribution in [-0.2, 0) is 4.74 Å². The monoisotopic (exact) mass is 214 g/mol. The first kappa shape index (κ1) is 12.9. The lowest BCUT2D eigenvalue weighted by molar-refractivity contribution is 0.0769. The molecule has 0 atom stereocenters. The molecule has 3 nitrogen and oxygen atoms in total. The van der Waals surface area contributed by atoms with Crippen LogP contribution in [0.2, 0.25) is 0 Å². The Morgan fingerprint density at radius 2 is 2.00 bits per heavy atom. The molecule has 0 spiro atoms. The maximum absolute atomic E-state index is 5.59. The van der Waals surface area contributed by atoms with E-state index in [2.05, 4.69) is 31.1 Å². The van der Waals surface area contributed by atoms with Gasteiger partial charge in [0.1, 0.15) is 0 Å². The van der Waals surface area contributed by atoms with Gasteiger partial charge in [-0.2, -0.15) is 0 Å². The minimum absolute atomic E-state index is 0.653. The molecule has 0 aromatic heterocycles. The normalized spacial score (nSPS) is 20.0. The fraction of sp³-hybridized carbons (Fsp3) is 1.00. The van der Waals surface area contributed by atoms with E-state index in [1.807, 2.05) is 0 Å². The van der Waals surface area contributed by atoms with Crippen molar-refractivity contribution >= 4 is 0 Å². The fourth-order valence-corrected chi connectivity index (χ4v) is 1.96. The smallest absolute Gasteiger partial charge is 0.0593 e. The van der Waals surface area contributed by atoms with E-state index < -0.39 is 0 Å². The Bertz CT molecular complexity index is 154. The highest BCUT2D eigenvalue weighted by molar-refractivity contribution is 4.75. The van der Waals surface area contributed by atoms with Crippen LogP contribution in [0.25, 0.3) is 0 Å². The maximum atomic E-state index is 5.59. The summed E-state index contributed by atoms with van der Waals surface area (Å²) in [4.78, 5) is 2.51. The van der Waals surface area contributed by atoms with Crippen molar-refractivity contribution in [2.45, 2.75) is 32.7 Å². The van der Waals surface area contributed by atoms with Crippen molar-refractivity contribution in [2.75, 3.05) is 39.9 Å². The lowest BCUT2D eigenvalue weighted by Crippen LogP contribution is -2.42. The second-order valence-corrected chi connectivity index (χ2v) is 4.87. The van der Waals surface area contributed by atoms with Crippen LogP contribution < -0.4 is 5.32 Å². The highest BCUT2D eigenvalue weighted by atomic mass is 16.5. The van der Waals surface area contributed by atoms with Gasteiger partial charge in [0.2, 0.25) is 0 Å². The zero-order valence-electron chi connectivity index (χ0n) is 10.5. The summed E-state index contributed by atoms with van der Waals surface area (Å²) in [6.07, 6.45) is 2.56. The summed E-state index contributed by atoms with van der Waals surface area (Å²) in [7, 11) is 2.06. The van der Waals surface area contributed by atoms with Crippen LogP contribution in [0, 0.1) is 5.92 Å². The van der Waals surface area contributed by atoms with Crippen molar-refractivity contribution in [2.24, 2.45) is 5.92 Å². The number of nitrogens with zero attached hydrogens (tertiary/aromatic N) is 1. The summed E-state index contributed by atoms with van der Waals surface area (Å²) in [6.45, 7) is 9.71. The first-order valence-corrected chi connectivity index (χ1v) is 6.19. The lowest BCUT2D eigenvalue weighted by Gasteiger charge is -2.31. The van der Waals surface area contributed by atoms with E-state index in [1.165, 1.54) is 25.9 Å². The summed E-state index contributed by atoms with van der Waals surface area (Å²) >= 11 is 0. The van der Waals surface area contributed by atoms with Crippen LogP contribution in [-0.4, -0.2) is 50.8 Å². The van der Waals surface area contributed by atoms with E-state index in [1.54, 1.807) is 0 Å². The molecule has 0 aliphatic carbocycles. The van der Waals surface area contributed by atoms with Gasteiger partial charge < -0.3 is 15.0 Å². The Morgan fingerprint density at radius 1 is 1.33 bits per heavy atom. The van der Waals surface area contributed by atoms with Crippen LogP contribution in [0.4, 0.5) is 0 Å². The predicted molar refractivity (Wildman–Crippen MR) is 64.2 cm³/mol. The highest BCUT2D eigenvalue weighted by Crippen LogP contribution is 2.09. The van der Waals surface area contributed by atoms with Crippen LogP contribution in [0.5, 0.6) is 0 Å². The number of ether oxygens (including phenoxy) is 1. The number of likely N-dealkylation sites (tertiary alicyclic amines) is 1. The van der Waals surface area contributed by atoms with Gasteiger partial charge in [-0.05, 0) is 38.9 Å². The van der Waals surface area contributed by atoms with E-state index in [9.17, 15) is 0 Å². The average molecular weight is 214 g/mol. The topological polar surface area (TPSA) is 24.5 Å². The Kier molecular flexibility index (Phi) is 6.22. The second kappa shape index (κ2) is 7.20. The molecule has 1 aliphatic rings. The van der Waals surface area contributed by atoms with Crippen LogP contribution in [0.15, 0.2) is 0 Å². The first-order chi connectivity index (χ1) is 7.22. The van der Waals surface area contributed by atoms with Crippen molar-refractivity contribution < 1.29 is 4.74 Å². The molecule has 0 saturated carbocycles.